The summed E-state index contributed by atoms with van der Waals surface area (Å²) in [4.78, 5) is 26.3. The van der Waals surface area contributed by atoms with Crippen molar-refractivity contribution in [2.24, 2.45) is 0 Å². The van der Waals surface area contributed by atoms with E-state index in [0.29, 0.717) is 36.4 Å². The first-order valence-corrected chi connectivity index (χ1v) is 11.5. The van der Waals surface area contributed by atoms with Gasteiger partial charge in [0.2, 0.25) is 21.8 Å². The summed E-state index contributed by atoms with van der Waals surface area (Å²) in [6.07, 6.45) is 1.84. The molecule has 0 radical (unpaired) electrons. The highest BCUT2D eigenvalue weighted by molar-refractivity contribution is 7.89. The van der Waals surface area contributed by atoms with Crippen molar-refractivity contribution in [3.05, 3.63) is 48.0 Å². The Bertz CT molecular complexity index is 1080. The highest BCUT2D eigenvalue weighted by Crippen LogP contribution is 2.26. The second kappa shape index (κ2) is 9.49. The molecule has 3 rings (SSSR count). The SMILES string of the molecule is COc1ccc(S(=O)(=O)N(C)C)cc1CCC(=O)Nc1cccc(N2CCCC2=O)c1. The molecule has 1 N–H and O–H groups in total. The zero-order valence-electron chi connectivity index (χ0n) is 17.9. The minimum absolute atomic E-state index is 0.0862. The Hall–Kier alpha value is -2.91. The van der Waals surface area contributed by atoms with E-state index in [4.69, 9.17) is 4.74 Å². The Balaban J connectivity index is 1.69. The largest absolute Gasteiger partial charge is 0.496 e. The van der Waals surface area contributed by atoms with Crippen LogP contribution >= 0.6 is 0 Å². The number of aryl methyl sites for hydroxylation is 1. The summed E-state index contributed by atoms with van der Waals surface area (Å²) >= 11 is 0. The first kappa shape index (κ1) is 22.8. The maximum Gasteiger partial charge on any atom is 0.242 e. The molecule has 1 saturated heterocycles. The summed E-state index contributed by atoms with van der Waals surface area (Å²) in [5, 5.41) is 2.85. The van der Waals surface area contributed by atoms with Gasteiger partial charge >= 0.3 is 0 Å². The number of ether oxygens (including phenoxy) is 1. The number of sulfonamides is 1. The van der Waals surface area contributed by atoms with Crippen LogP contribution in [-0.2, 0) is 26.0 Å². The Kier molecular flexibility index (Phi) is 6.97. The maximum absolute atomic E-state index is 12.5. The lowest BCUT2D eigenvalue weighted by Gasteiger charge is -2.17. The van der Waals surface area contributed by atoms with Crippen molar-refractivity contribution in [2.75, 3.05) is 38.0 Å². The minimum atomic E-state index is -3.58. The number of nitrogens with one attached hydrogen (secondary N) is 1. The number of methoxy groups -OCH3 is 1. The molecule has 8 nitrogen and oxygen atoms in total. The zero-order chi connectivity index (χ0) is 22.6. The van der Waals surface area contributed by atoms with E-state index in [1.165, 1.54) is 27.3 Å². The Morgan fingerprint density at radius 1 is 1.19 bits per heavy atom. The third kappa shape index (κ3) is 5.23. The van der Waals surface area contributed by atoms with Crippen molar-refractivity contribution in [3.8, 4) is 5.75 Å². The topological polar surface area (TPSA) is 96.0 Å². The van der Waals surface area contributed by atoms with Crippen LogP contribution in [0, 0.1) is 0 Å². The molecule has 1 heterocycles. The standard InChI is InChI=1S/C22H27N3O5S/c1-24(2)31(28,29)19-10-11-20(30-3)16(14-19)9-12-21(26)23-17-6-4-7-18(15-17)25-13-5-8-22(25)27/h4,6-7,10-11,14-15H,5,8-9,12-13H2,1-3H3,(H,23,26). The van der Waals surface area contributed by atoms with E-state index in [0.717, 1.165) is 16.4 Å². The van der Waals surface area contributed by atoms with E-state index in [9.17, 15) is 18.0 Å². The molecule has 166 valence electrons. The number of rotatable bonds is 8. The van der Waals surface area contributed by atoms with Crippen LogP contribution in [0.4, 0.5) is 11.4 Å². The van der Waals surface area contributed by atoms with Crippen LogP contribution in [-0.4, -0.2) is 52.3 Å². The number of nitrogens with zero attached hydrogens (tertiary/aromatic N) is 2. The van der Waals surface area contributed by atoms with E-state index < -0.39 is 10.0 Å². The Labute approximate surface area is 182 Å². The van der Waals surface area contributed by atoms with Gasteiger partial charge in [-0.1, -0.05) is 6.07 Å². The van der Waals surface area contributed by atoms with Crippen molar-refractivity contribution in [3.63, 3.8) is 0 Å². The van der Waals surface area contributed by atoms with Crippen LogP contribution in [0.3, 0.4) is 0 Å². The smallest absolute Gasteiger partial charge is 0.242 e. The third-order valence-corrected chi connectivity index (χ3v) is 6.98. The molecule has 0 aliphatic carbocycles. The van der Waals surface area contributed by atoms with Crippen LogP contribution < -0.4 is 15.0 Å². The average molecular weight is 446 g/mol. The molecule has 0 atom stereocenters. The molecule has 0 unspecified atom stereocenters. The molecule has 1 aliphatic heterocycles. The van der Waals surface area contributed by atoms with E-state index in [1.807, 2.05) is 6.07 Å². The Morgan fingerprint density at radius 3 is 2.61 bits per heavy atom. The number of carbonyl (C=O) groups is 2. The molecule has 0 spiro atoms. The van der Waals surface area contributed by atoms with Gasteiger partial charge in [0, 0.05) is 44.9 Å². The summed E-state index contributed by atoms with van der Waals surface area (Å²) < 4.78 is 31.3. The second-order valence-electron chi connectivity index (χ2n) is 7.51. The first-order valence-electron chi connectivity index (χ1n) is 10.0. The summed E-state index contributed by atoms with van der Waals surface area (Å²) in [5.74, 6) is 0.399. The summed E-state index contributed by atoms with van der Waals surface area (Å²) in [5.41, 5.74) is 2.01. The fourth-order valence-corrected chi connectivity index (χ4v) is 4.42. The molecule has 0 aromatic heterocycles. The summed E-state index contributed by atoms with van der Waals surface area (Å²) in [6.45, 7) is 0.683. The first-order chi connectivity index (χ1) is 14.7. The molecular formula is C22H27N3O5S. The lowest BCUT2D eigenvalue weighted by Crippen LogP contribution is -2.23. The third-order valence-electron chi connectivity index (χ3n) is 5.17. The molecule has 1 aliphatic rings. The van der Waals surface area contributed by atoms with Gasteiger partial charge in [0.05, 0.1) is 12.0 Å². The molecule has 31 heavy (non-hydrogen) atoms. The molecule has 2 amide bonds. The molecular weight excluding hydrogens is 418 g/mol. The highest BCUT2D eigenvalue weighted by Gasteiger charge is 2.22. The van der Waals surface area contributed by atoms with Gasteiger partial charge in [0.25, 0.3) is 0 Å². The van der Waals surface area contributed by atoms with Crippen LogP contribution in [0.15, 0.2) is 47.4 Å². The number of benzene rings is 2. The zero-order valence-corrected chi connectivity index (χ0v) is 18.7. The van der Waals surface area contributed by atoms with Crippen LogP contribution in [0.1, 0.15) is 24.8 Å². The van der Waals surface area contributed by atoms with Gasteiger partial charge in [-0.2, -0.15) is 0 Å². The molecule has 2 aromatic rings. The van der Waals surface area contributed by atoms with Gasteiger partial charge in [0.15, 0.2) is 0 Å². The van der Waals surface area contributed by atoms with Gasteiger partial charge in [-0.05, 0) is 54.8 Å². The van der Waals surface area contributed by atoms with Crippen molar-refractivity contribution in [1.82, 2.24) is 4.31 Å². The lowest BCUT2D eigenvalue weighted by molar-refractivity contribution is -0.117. The molecule has 2 aromatic carbocycles. The van der Waals surface area contributed by atoms with E-state index in [-0.39, 0.29) is 23.1 Å². The fraction of sp³-hybridized carbons (Fsp3) is 0.364. The number of carbonyl (C=O) groups excluding carboxylic acids is 2. The van der Waals surface area contributed by atoms with E-state index in [1.54, 1.807) is 35.2 Å². The highest BCUT2D eigenvalue weighted by atomic mass is 32.2. The quantitative estimate of drug-likeness (QED) is 0.674. The molecule has 9 heteroatoms. The lowest BCUT2D eigenvalue weighted by atomic mass is 10.1. The van der Waals surface area contributed by atoms with E-state index in [2.05, 4.69) is 5.32 Å². The molecule has 1 fully saturated rings. The average Bonchev–Trinajstić information content (AvgIpc) is 3.18. The minimum Gasteiger partial charge on any atom is -0.496 e. The van der Waals surface area contributed by atoms with Crippen molar-refractivity contribution in [1.29, 1.82) is 0 Å². The number of hydrogen-bond acceptors (Lipinski definition) is 5. The van der Waals surface area contributed by atoms with E-state index >= 15 is 0 Å². The monoisotopic (exact) mass is 445 g/mol. The van der Waals surface area contributed by atoms with Crippen molar-refractivity contribution in [2.45, 2.75) is 30.6 Å². The van der Waals surface area contributed by atoms with Gasteiger partial charge in [-0.25, -0.2) is 12.7 Å². The molecule has 0 bridgehead atoms. The second-order valence-corrected chi connectivity index (χ2v) is 9.66. The number of hydrogen-bond donors (Lipinski definition) is 1. The Morgan fingerprint density at radius 2 is 1.97 bits per heavy atom. The van der Waals surface area contributed by atoms with Crippen molar-refractivity contribution < 1.29 is 22.7 Å². The fourth-order valence-electron chi connectivity index (χ4n) is 3.47. The van der Waals surface area contributed by atoms with Gasteiger partial charge in [0.1, 0.15) is 5.75 Å². The van der Waals surface area contributed by atoms with Crippen LogP contribution in [0.2, 0.25) is 0 Å². The van der Waals surface area contributed by atoms with Gasteiger partial charge in [-0.15, -0.1) is 0 Å². The number of amides is 2. The van der Waals surface area contributed by atoms with Gasteiger partial charge < -0.3 is 15.0 Å². The normalized spacial score (nSPS) is 14.2. The molecule has 0 saturated carbocycles. The summed E-state index contributed by atoms with van der Waals surface area (Å²) in [6, 6.07) is 11.8. The van der Waals surface area contributed by atoms with Crippen LogP contribution in [0.25, 0.3) is 0 Å². The maximum atomic E-state index is 12.5. The van der Waals surface area contributed by atoms with Gasteiger partial charge in [-0.3, -0.25) is 9.59 Å². The summed E-state index contributed by atoms with van der Waals surface area (Å²) in [7, 11) is 0.858. The predicted octanol–water partition coefficient (Wildman–Crippen LogP) is 2.64. The predicted molar refractivity (Wildman–Crippen MR) is 119 cm³/mol. The van der Waals surface area contributed by atoms with Crippen molar-refractivity contribution >= 4 is 33.2 Å². The number of anilines is 2. The van der Waals surface area contributed by atoms with Crippen LogP contribution in [0.5, 0.6) is 5.75 Å².